The fourth-order valence-electron chi connectivity index (χ4n) is 4.05. The van der Waals surface area contributed by atoms with Gasteiger partial charge in [0.1, 0.15) is 11.6 Å². The lowest BCUT2D eigenvalue weighted by molar-refractivity contribution is -0.133. The van der Waals surface area contributed by atoms with Gasteiger partial charge in [-0.1, -0.05) is 6.07 Å². The van der Waals surface area contributed by atoms with Crippen LogP contribution in [0, 0.1) is 17.6 Å². The molecule has 2 aliphatic heterocycles. The molecule has 1 aromatic carbocycles. The number of piperazine rings is 1. The monoisotopic (exact) mass is 437 g/mol. The van der Waals surface area contributed by atoms with Gasteiger partial charge in [-0.05, 0) is 51.3 Å². The number of piperidine rings is 1. The Morgan fingerprint density at radius 1 is 1.14 bits per heavy atom. The molecule has 0 spiro atoms. The first kappa shape index (κ1) is 25.1. The maximum absolute atomic E-state index is 14.0. The molecule has 4 nitrogen and oxygen atoms in total. The van der Waals surface area contributed by atoms with Crippen LogP contribution in [0.25, 0.3) is 0 Å². The van der Waals surface area contributed by atoms with E-state index in [1.165, 1.54) is 25.0 Å². The summed E-state index contributed by atoms with van der Waals surface area (Å²) in [5, 5.41) is 3.35. The van der Waals surface area contributed by atoms with Crippen LogP contribution in [0.4, 0.5) is 8.78 Å². The number of nitrogens with one attached hydrogen (secondary N) is 1. The van der Waals surface area contributed by atoms with E-state index < -0.39 is 11.6 Å². The number of hydrogen-bond donors (Lipinski definition) is 1. The van der Waals surface area contributed by atoms with Crippen molar-refractivity contribution >= 4 is 30.7 Å². The Morgan fingerprint density at radius 2 is 1.79 bits per heavy atom. The van der Waals surface area contributed by atoms with Gasteiger partial charge in [-0.3, -0.25) is 9.69 Å². The van der Waals surface area contributed by atoms with Crippen molar-refractivity contribution in [2.24, 2.45) is 5.92 Å². The molecular weight excluding hydrogens is 407 g/mol. The van der Waals surface area contributed by atoms with E-state index in [9.17, 15) is 13.6 Å². The van der Waals surface area contributed by atoms with Gasteiger partial charge < -0.3 is 10.2 Å². The minimum absolute atomic E-state index is 0. The van der Waals surface area contributed by atoms with Crippen molar-refractivity contribution in [3.8, 4) is 0 Å². The van der Waals surface area contributed by atoms with Crippen LogP contribution in [0.15, 0.2) is 18.2 Å². The molecule has 160 valence electrons. The normalized spacial score (nSPS) is 19.5. The minimum Gasteiger partial charge on any atom is -0.340 e. The number of nitrogens with zero attached hydrogens (tertiary/aromatic N) is 2. The van der Waals surface area contributed by atoms with Crippen LogP contribution in [0.2, 0.25) is 0 Å². The molecule has 8 heteroatoms. The molecule has 28 heavy (non-hydrogen) atoms. The molecule has 2 heterocycles. The number of carbonyl (C=O) groups is 1. The predicted octanol–water partition coefficient (Wildman–Crippen LogP) is 3.79. The highest BCUT2D eigenvalue weighted by Crippen LogP contribution is 2.25. The van der Waals surface area contributed by atoms with E-state index in [1.54, 1.807) is 0 Å². The Bertz CT molecular complexity index is 621. The van der Waals surface area contributed by atoms with Gasteiger partial charge in [0, 0.05) is 50.3 Å². The third-order valence-corrected chi connectivity index (χ3v) is 5.85. The highest BCUT2D eigenvalue weighted by atomic mass is 35.5. The molecular formula is C20H31Cl2F2N3O. The summed E-state index contributed by atoms with van der Waals surface area (Å²) in [4.78, 5) is 16.6. The smallest absolute Gasteiger partial charge is 0.222 e. The van der Waals surface area contributed by atoms with Crippen LogP contribution in [0.1, 0.15) is 44.2 Å². The highest BCUT2D eigenvalue weighted by molar-refractivity contribution is 5.85. The second-order valence-electron chi connectivity index (χ2n) is 7.49. The highest BCUT2D eigenvalue weighted by Gasteiger charge is 2.26. The fraction of sp³-hybridized carbons (Fsp3) is 0.650. The fourth-order valence-corrected chi connectivity index (χ4v) is 4.05. The largest absolute Gasteiger partial charge is 0.340 e. The number of benzene rings is 1. The van der Waals surface area contributed by atoms with Crippen LogP contribution >= 0.6 is 24.8 Å². The molecule has 1 N–H and O–H groups in total. The molecule has 1 unspecified atom stereocenters. The molecule has 2 fully saturated rings. The second-order valence-corrected chi connectivity index (χ2v) is 7.49. The molecule has 0 bridgehead atoms. The van der Waals surface area contributed by atoms with Crippen molar-refractivity contribution in [1.82, 2.24) is 15.1 Å². The van der Waals surface area contributed by atoms with Gasteiger partial charge in [-0.2, -0.15) is 0 Å². The first-order valence-electron chi connectivity index (χ1n) is 9.72. The lowest BCUT2D eigenvalue weighted by Crippen LogP contribution is -2.49. The third kappa shape index (κ3) is 6.55. The molecule has 2 saturated heterocycles. The van der Waals surface area contributed by atoms with Gasteiger partial charge in [0.25, 0.3) is 0 Å². The summed E-state index contributed by atoms with van der Waals surface area (Å²) in [6.45, 7) is 6.86. The van der Waals surface area contributed by atoms with Gasteiger partial charge in [0.15, 0.2) is 0 Å². The Hall–Kier alpha value is -0.950. The van der Waals surface area contributed by atoms with Gasteiger partial charge in [0.2, 0.25) is 5.91 Å². The van der Waals surface area contributed by atoms with E-state index in [-0.39, 0.29) is 36.8 Å². The average Bonchev–Trinajstić information content (AvgIpc) is 2.66. The summed E-state index contributed by atoms with van der Waals surface area (Å²) in [6, 6.07) is 3.64. The van der Waals surface area contributed by atoms with E-state index in [4.69, 9.17) is 0 Å². The van der Waals surface area contributed by atoms with Crippen molar-refractivity contribution in [3.05, 3.63) is 35.4 Å². The molecule has 1 aromatic rings. The van der Waals surface area contributed by atoms with Crippen LogP contribution in [-0.2, 0) is 4.79 Å². The van der Waals surface area contributed by atoms with Gasteiger partial charge in [-0.15, -0.1) is 24.8 Å². The van der Waals surface area contributed by atoms with Crippen LogP contribution in [-0.4, -0.2) is 55.0 Å². The summed E-state index contributed by atoms with van der Waals surface area (Å²) >= 11 is 0. The zero-order valence-electron chi connectivity index (χ0n) is 16.3. The third-order valence-electron chi connectivity index (χ3n) is 5.85. The molecule has 0 radical (unpaired) electrons. The zero-order chi connectivity index (χ0) is 18.5. The summed E-state index contributed by atoms with van der Waals surface area (Å²) in [5.41, 5.74) is 0.511. The second kappa shape index (κ2) is 11.9. The van der Waals surface area contributed by atoms with Gasteiger partial charge in [-0.25, -0.2) is 8.78 Å². The average molecular weight is 438 g/mol. The van der Waals surface area contributed by atoms with Crippen LogP contribution in [0.5, 0.6) is 0 Å². The van der Waals surface area contributed by atoms with E-state index in [0.717, 1.165) is 38.7 Å². The van der Waals surface area contributed by atoms with E-state index in [2.05, 4.69) is 10.2 Å². The summed E-state index contributed by atoms with van der Waals surface area (Å²) in [6.07, 6.45) is 3.95. The molecule has 0 saturated carbocycles. The topological polar surface area (TPSA) is 35.6 Å². The Labute approximate surface area is 178 Å². The van der Waals surface area contributed by atoms with Gasteiger partial charge in [0.05, 0.1) is 0 Å². The molecule has 1 atom stereocenters. The maximum atomic E-state index is 14.0. The summed E-state index contributed by atoms with van der Waals surface area (Å²) in [5.74, 6) is -0.146. The van der Waals surface area contributed by atoms with Crippen molar-refractivity contribution in [3.63, 3.8) is 0 Å². The van der Waals surface area contributed by atoms with E-state index in [0.29, 0.717) is 31.0 Å². The first-order chi connectivity index (χ1) is 12.5. The Kier molecular flexibility index (Phi) is 10.7. The Balaban J connectivity index is 0.00000196. The number of amides is 1. The minimum atomic E-state index is -0.553. The standard InChI is InChI=1S/C20H29F2N3O.2ClH/c1-15(18-4-3-17(21)14-19(18)22)24-10-12-25(13-11-24)20(26)5-2-16-6-8-23-9-7-16;;/h3-4,14-16,23H,2,5-13H2,1H3;2*1H. The Morgan fingerprint density at radius 3 is 2.39 bits per heavy atom. The van der Waals surface area contributed by atoms with Gasteiger partial charge >= 0.3 is 0 Å². The van der Waals surface area contributed by atoms with Crippen LogP contribution in [0.3, 0.4) is 0 Å². The lowest BCUT2D eigenvalue weighted by Gasteiger charge is -2.38. The van der Waals surface area contributed by atoms with Crippen molar-refractivity contribution in [2.75, 3.05) is 39.3 Å². The number of hydrogen-bond acceptors (Lipinski definition) is 3. The van der Waals surface area contributed by atoms with Crippen molar-refractivity contribution in [1.29, 1.82) is 0 Å². The molecule has 1 amide bonds. The van der Waals surface area contributed by atoms with E-state index >= 15 is 0 Å². The number of halogens is 4. The number of carbonyl (C=O) groups excluding carboxylic acids is 1. The van der Waals surface area contributed by atoms with E-state index in [1.807, 2.05) is 11.8 Å². The maximum Gasteiger partial charge on any atom is 0.222 e. The quantitative estimate of drug-likeness (QED) is 0.760. The summed E-state index contributed by atoms with van der Waals surface area (Å²) < 4.78 is 27.1. The van der Waals surface area contributed by atoms with Crippen molar-refractivity contribution in [2.45, 2.75) is 38.6 Å². The molecule has 0 aliphatic carbocycles. The molecule has 0 aromatic heterocycles. The lowest BCUT2D eigenvalue weighted by atomic mass is 9.93. The summed E-state index contributed by atoms with van der Waals surface area (Å²) in [7, 11) is 0. The zero-order valence-corrected chi connectivity index (χ0v) is 18.0. The first-order valence-corrected chi connectivity index (χ1v) is 9.72. The van der Waals surface area contributed by atoms with Crippen LogP contribution < -0.4 is 5.32 Å². The molecule has 3 rings (SSSR count). The van der Waals surface area contributed by atoms with Crippen molar-refractivity contribution < 1.29 is 13.6 Å². The SMILES string of the molecule is CC(c1ccc(F)cc1F)N1CCN(C(=O)CCC2CCNCC2)CC1.Cl.Cl. The molecule has 2 aliphatic rings. The number of rotatable bonds is 5. The predicted molar refractivity (Wildman–Crippen MR) is 112 cm³/mol.